The van der Waals surface area contributed by atoms with E-state index in [0.717, 1.165) is 8.67 Å². The average Bonchev–Trinajstić information content (AvgIpc) is 3.00. The molecule has 98 valence electrons. The summed E-state index contributed by atoms with van der Waals surface area (Å²) >= 11 is 15.6. The van der Waals surface area contributed by atoms with Crippen molar-refractivity contribution in [2.24, 2.45) is 0 Å². The maximum atomic E-state index is 6.21. The molecular formula is C16H8Cl2S2. The molecule has 0 amide bonds. The number of halogens is 2. The van der Waals surface area contributed by atoms with Gasteiger partial charge in [0.2, 0.25) is 0 Å². The smallest absolute Gasteiger partial charge is 0.0941 e. The highest BCUT2D eigenvalue weighted by Crippen LogP contribution is 2.44. The lowest BCUT2D eigenvalue weighted by Gasteiger charge is -2.07. The highest BCUT2D eigenvalue weighted by molar-refractivity contribution is 7.23. The van der Waals surface area contributed by atoms with Gasteiger partial charge in [0.15, 0.2) is 0 Å². The summed E-state index contributed by atoms with van der Waals surface area (Å²) in [4.78, 5) is 1.19. The van der Waals surface area contributed by atoms with Crippen molar-refractivity contribution < 1.29 is 0 Å². The lowest BCUT2D eigenvalue weighted by molar-refractivity contribution is 1.80. The maximum Gasteiger partial charge on any atom is 0.0941 e. The van der Waals surface area contributed by atoms with Gasteiger partial charge in [-0.25, -0.2) is 0 Å². The van der Waals surface area contributed by atoms with Crippen LogP contribution < -0.4 is 0 Å². The van der Waals surface area contributed by atoms with Gasteiger partial charge in [0.05, 0.1) is 8.67 Å². The topological polar surface area (TPSA) is 0 Å². The Hall–Kier alpha value is -1.06. The molecule has 0 nitrogen and oxygen atoms in total. The molecule has 4 rings (SSSR count). The fourth-order valence-corrected chi connectivity index (χ4v) is 4.85. The fraction of sp³-hybridized carbons (Fsp3) is 0. The summed E-state index contributed by atoms with van der Waals surface area (Å²) in [6, 6.07) is 16.7. The number of thiophene rings is 2. The lowest BCUT2D eigenvalue weighted by Crippen LogP contribution is -1.79. The van der Waals surface area contributed by atoms with E-state index in [-0.39, 0.29) is 0 Å². The molecule has 20 heavy (non-hydrogen) atoms. The first-order valence-corrected chi connectivity index (χ1v) is 8.48. The van der Waals surface area contributed by atoms with Gasteiger partial charge in [-0.3, -0.25) is 0 Å². The Morgan fingerprint density at radius 2 is 1.60 bits per heavy atom. The monoisotopic (exact) mass is 334 g/mol. The van der Waals surface area contributed by atoms with Crippen LogP contribution in [-0.4, -0.2) is 0 Å². The number of fused-ring (bicyclic) bond motifs is 2. The molecule has 4 heteroatoms. The average molecular weight is 335 g/mol. The molecule has 0 radical (unpaired) electrons. The second kappa shape index (κ2) is 4.74. The van der Waals surface area contributed by atoms with Crippen LogP contribution in [0.3, 0.4) is 0 Å². The van der Waals surface area contributed by atoms with Crippen LogP contribution in [0.15, 0.2) is 48.5 Å². The van der Waals surface area contributed by atoms with Crippen molar-refractivity contribution in [2.75, 3.05) is 0 Å². The van der Waals surface area contributed by atoms with Crippen molar-refractivity contribution >= 4 is 66.7 Å². The Morgan fingerprint density at radius 3 is 2.40 bits per heavy atom. The van der Waals surface area contributed by atoms with E-state index < -0.39 is 0 Å². The number of hydrogen-bond donors (Lipinski definition) is 0. The molecule has 0 bridgehead atoms. The minimum Gasteiger partial charge on any atom is -0.123 e. The lowest BCUT2D eigenvalue weighted by atomic mass is 10.00. The second-order valence-corrected chi connectivity index (χ2v) is 7.97. The van der Waals surface area contributed by atoms with Gasteiger partial charge in [-0.2, -0.15) is 0 Å². The number of benzene rings is 2. The molecule has 0 saturated carbocycles. The minimum absolute atomic E-state index is 0.808. The van der Waals surface area contributed by atoms with E-state index in [0.29, 0.717) is 0 Å². The third-order valence-electron chi connectivity index (χ3n) is 3.34. The zero-order valence-electron chi connectivity index (χ0n) is 10.2. The van der Waals surface area contributed by atoms with Gasteiger partial charge in [0.1, 0.15) is 0 Å². The van der Waals surface area contributed by atoms with E-state index in [4.69, 9.17) is 23.2 Å². The molecule has 0 aliphatic rings. The van der Waals surface area contributed by atoms with Crippen LogP contribution in [0.4, 0.5) is 0 Å². The summed E-state index contributed by atoms with van der Waals surface area (Å²) in [6.07, 6.45) is 0. The molecule has 2 aromatic heterocycles. The van der Waals surface area contributed by atoms with Gasteiger partial charge in [-0.15, -0.1) is 22.7 Å². The fourth-order valence-electron chi connectivity index (χ4n) is 2.53. The summed E-state index contributed by atoms with van der Waals surface area (Å²) in [5, 5.41) is 3.68. The van der Waals surface area contributed by atoms with Crippen molar-refractivity contribution in [1.82, 2.24) is 0 Å². The summed E-state index contributed by atoms with van der Waals surface area (Å²) in [5.74, 6) is 0. The standard InChI is InChI=1S/C16H8Cl2S2/c17-14-6-5-12(19-14)16-10-4-2-1-3-9(10)7-13-11(16)8-15(18)20-13/h1-8H. The Bertz CT molecular complexity index is 934. The Balaban J connectivity index is 2.22. The van der Waals surface area contributed by atoms with E-state index in [9.17, 15) is 0 Å². The molecule has 0 N–H and O–H groups in total. The Kier molecular flexibility index (Phi) is 3.00. The first-order chi connectivity index (χ1) is 9.72. The van der Waals surface area contributed by atoms with Crippen molar-refractivity contribution in [2.45, 2.75) is 0 Å². The SMILES string of the molecule is Clc1ccc(-c2c3ccccc3cc3sc(Cl)cc23)s1. The summed E-state index contributed by atoms with van der Waals surface area (Å²) < 4.78 is 2.84. The molecule has 0 spiro atoms. The highest BCUT2D eigenvalue weighted by Gasteiger charge is 2.13. The largest absolute Gasteiger partial charge is 0.123 e. The minimum atomic E-state index is 0.808. The van der Waals surface area contributed by atoms with Gasteiger partial charge in [0, 0.05) is 20.5 Å². The van der Waals surface area contributed by atoms with Crippen LogP contribution in [-0.2, 0) is 0 Å². The van der Waals surface area contributed by atoms with Crippen molar-refractivity contribution in [3.8, 4) is 10.4 Å². The molecule has 0 aliphatic carbocycles. The highest BCUT2D eigenvalue weighted by atomic mass is 35.5. The normalized spacial score (nSPS) is 11.5. The van der Waals surface area contributed by atoms with E-state index in [1.807, 2.05) is 6.07 Å². The maximum absolute atomic E-state index is 6.21. The Labute approximate surface area is 134 Å². The molecular weight excluding hydrogens is 327 g/mol. The first-order valence-electron chi connectivity index (χ1n) is 6.09. The number of rotatable bonds is 1. The number of hydrogen-bond acceptors (Lipinski definition) is 2. The van der Waals surface area contributed by atoms with Gasteiger partial charge in [-0.1, -0.05) is 47.5 Å². The predicted molar refractivity (Wildman–Crippen MR) is 92.7 cm³/mol. The van der Waals surface area contributed by atoms with Gasteiger partial charge in [0.25, 0.3) is 0 Å². The van der Waals surface area contributed by atoms with Gasteiger partial charge in [-0.05, 0) is 35.0 Å². The molecule has 2 aromatic carbocycles. The molecule has 4 aromatic rings. The van der Waals surface area contributed by atoms with Gasteiger partial charge >= 0.3 is 0 Å². The Morgan fingerprint density at radius 1 is 0.750 bits per heavy atom. The summed E-state index contributed by atoms with van der Waals surface area (Å²) in [5.41, 5.74) is 1.23. The predicted octanol–water partition coefficient (Wildman–Crippen LogP) is 7.09. The molecule has 0 aliphatic heterocycles. The van der Waals surface area contributed by atoms with Crippen molar-refractivity contribution in [1.29, 1.82) is 0 Å². The van der Waals surface area contributed by atoms with Crippen LogP contribution in [0.25, 0.3) is 31.3 Å². The summed E-state index contributed by atoms with van der Waals surface area (Å²) in [7, 11) is 0. The van der Waals surface area contributed by atoms with Crippen LogP contribution in [0.5, 0.6) is 0 Å². The molecule has 0 saturated heterocycles. The van der Waals surface area contributed by atoms with Gasteiger partial charge < -0.3 is 0 Å². The third-order valence-corrected chi connectivity index (χ3v) is 5.80. The first kappa shape index (κ1) is 12.7. The summed E-state index contributed by atoms with van der Waals surface area (Å²) in [6.45, 7) is 0. The molecule has 0 atom stereocenters. The van der Waals surface area contributed by atoms with E-state index in [1.54, 1.807) is 22.7 Å². The van der Waals surface area contributed by atoms with E-state index in [2.05, 4.69) is 42.5 Å². The van der Waals surface area contributed by atoms with E-state index >= 15 is 0 Å². The molecule has 2 heterocycles. The molecule has 0 fully saturated rings. The van der Waals surface area contributed by atoms with E-state index in [1.165, 1.54) is 31.3 Å². The zero-order chi connectivity index (χ0) is 13.7. The zero-order valence-corrected chi connectivity index (χ0v) is 13.3. The van der Waals surface area contributed by atoms with Crippen LogP contribution >= 0.6 is 45.9 Å². The third kappa shape index (κ3) is 1.95. The molecule has 0 unspecified atom stereocenters. The van der Waals surface area contributed by atoms with Crippen LogP contribution in [0.1, 0.15) is 0 Å². The van der Waals surface area contributed by atoms with Crippen molar-refractivity contribution in [3.05, 3.63) is 57.2 Å². The van der Waals surface area contributed by atoms with Crippen LogP contribution in [0.2, 0.25) is 8.67 Å². The quantitative estimate of drug-likeness (QED) is 0.348. The van der Waals surface area contributed by atoms with Crippen LogP contribution in [0, 0.1) is 0 Å². The second-order valence-electron chi connectivity index (χ2n) is 4.54. The van der Waals surface area contributed by atoms with Crippen molar-refractivity contribution in [3.63, 3.8) is 0 Å².